The summed E-state index contributed by atoms with van der Waals surface area (Å²) in [4.78, 5) is 23.7. The minimum absolute atomic E-state index is 0.0718. The molecule has 0 spiro atoms. The molecule has 2 aromatic rings. The van der Waals surface area contributed by atoms with Gasteiger partial charge in [-0.1, -0.05) is 6.07 Å². The first-order chi connectivity index (χ1) is 12.9. The molecule has 1 aromatic heterocycles. The van der Waals surface area contributed by atoms with Crippen LogP contribution in [0.5, 0.6) is 0 Å². The lowest BCUT2D eigenvalue weighted by atomic mass is 10.1. The monoisotopic (exact) mass is 379 g/mol. The van der Waals surface area contributed by atoms with E-state index in [9.17, 15) is 18.0 Å². The summed E-state index contributed by atoms with van der Waals surface area (Å²) in [5.41, 5.74) is 1.56. The summed E-state index contributed by atoms with van der Waals surface area (Å²) in [7, 11) is 0. The third-order valence-corrected chi connectivity index (χ3v) is 5.00. The van der Waals surface area contributed by atoms with E-state index in [2.05, 4.69) is 9.97 Å². The van der Waals surface area contributed by atoms with E-state index in [1.165, 1.54) is 30.0 Å². The molecule has 3 heterocycles. The van der Waals surface area contributed by atoms with Crippen molar-refractivity contribution in [3.05, 3.63) is 47.8 Å². The topological polar surface area (TPSA) is 81.6 Å². The number of fused-ring (bicyclic) bond motifs is 2. The van der Waals surface area contributed by atoms with E-state index in [0.29, 0.717) is 24.7 Å². The zero-order valence-corrected chi connectivity index (χ0v) is 14.0. The SMILES string of the molecule is O=C(NO)c1cnc(N2C[C@H]3C[C@H]2CN3c2cccc(C(F)(F)F)c2)nc1. The number of carbonyl (C=O) groups excluding carboxylic acids is 1. The van der Waals surface area contributed by atoms with Crippen LogP contribution < -0.4 is 15.3 Å². The van der Waals surface area contributed by atoms with Gasteiger partial charge in [-0.2, -0.15) is 13.2 Å². The highest BCUT2D eigenvalue weighted by atomic mass is 19.4. The standard InChI is InChI=1S/C17H16F3N5O2/c18-17(19,20)11-2-1-3-12(4-11)24-8-14-5-13(24)9-25(14)16-21-6-10(7-22-16)15(26)23-27/h1-4,6-7,13-14,27H,5,8-9H2,(H,23,26)/t13-,14+/m1/s1. The van der Waals surface area contributed by atoms with Crippen LogP contribution in [0.3, 0.4) is 0 Å². The maximum Gasteiger partial charge on any atom is 0.416 e. The van der Waals surface area contributed by atoms with E-state index < -0.39 is 17.6 Å². The smallest absolute Gasteiger partial charge is 0.365 e. The van der Waals surface area contributed by atoms with Crippen molar-refractivity contribution in [1.29, 1.82) is 0 Å². The Labute approximate surface area is 152 Å². The highest BCUT2D eigenvalue weighted by Gasteiger charge is 2.44. The summed E-state index contributed by atoms with van der Waals surface area (Å²) < 4.78 is 38.9. The molecular weight excluding hydrogens is 363 g/mol. The number of hydrogen-bond acceptors (Lipinski definition) is 6. The highest BCUT2D eigenvalue weighted by molar-refractivity contribution is 5.92. The number of benzene rings is 1. The van der Waals surface area contributed by atoms with Crippen molar-refractivity contribution in [3.8, 4) is 0 Å². The molecule has 2 N–H and O–H groups in total. The Morgan fingerprint density at radius 3 is 2.41 bits per heavy atom. The van der Waals surface area contributed by atoms with E-state index >= 15 is 0 Å². The molecule has 2 atom stereocenters. The van der Waals surface area contributed by atoms with Crippen molar-refractivity contribution in [2.45, 2.75) is 24.7 Å². The fraction of sp³-hybridized carbons (Fsp3) is 0.353. The summed E-state index contributed by atoms with van der Waals surface area (Å²) in [6, 6.07) is 5.53. The number of halogens is 3. The Morgan fingerprint density at radius 2 is 1.81 bits per heavy atom. The number of anilines is 2. The number of nitrogens with one attached hydrogen (secondary N) is 1. The van der Waals surface area contributed by atoms with E-state index in [1.807, 2.05) is 9.80 Å². The number of hydroxylamine groups is 1. The van der Waals surface area contributed by atoms with Crippen LogP contribution >= 0.6 is 0 Å². The quantitative estimate of drug-likeness (QED) is 0.628. The van der Waals surface area contributed by atoms with Gasteiger partial charge in [0.25, 0.3) is 5.91 Å². The number of piperazine rings is 1. The normalized spacial score (nSPS) is 21.6. The highest BCUT2D eigenvalue weighted by Crippen LogP contribution is 2.38. The van der Waals surface area contributed by atoms with Gasteiger partial charge in [0.05, 0.1) is 17.2 Å². The van der Waals surface area contributed by atoms with Gasteiger partial charge < -0.3 is 9.80 Å². The third kappa shape index (κ3) is 3.16. The van der Waals surface area contributed by atoms with Crippen LogP contribution in [0.25, 0.3) is 0 Å². The maximum absolute atomic E-state index is 13.0. The van der Waals surface area contributed by atoms with Gasteiger partial charge in [0.2, 0.25) is 5.95 Å². The lowest BCUT2D eigenvalue weighted by molar-refractivity contribution is -0.137. The second-order valence-electron chi connectivity index (χ2n) is 6.61. The van der Waals surface area contributed by atoms with Gasteiger partial charge in [-0.25, -0.2) is 15.4 Å². The van der Waals surface area contributed by atoms with E-state index in [1.54, 1.807) is 6.07 Å². The summed E-state index contributed by atoms with van der Waals surface area (Å²) in [5, 5.41) is 8.62. The number of carbonyl (C=O) groups is 1. The minimum atomic E-state index is -4.36. The lowest BCUT2D eigenvalue weighted by Crippen LogP contribution is -2.47. The average molecular weight is 379 g/mol. The zero-order chi connectivity index (χ0) is 19.2. The van der Waals surface area contributed by atoms with Gasteiger partial charge in [-0.15, -0.1) is 0 Å². The van der Waals surface area contributed by atoms with Gasteiger partial charge in [0.1, 0.15) is 0 Å². The summed E-state index contributed by atoms with van der Waals surface area (Å²) in [5.74, 6) is -0.235. The van der Waals surface area contributed by atoms with E-state index in [4.69, 9.17) is 5.21 Å². The van der Waals surface area contributed by atoms with E-state index in [-0.39, 0.29) is 17.6 Å². The van der Waals surface area contributed by atoms with Crippen molar-refractivity contribution in [2.75, 3.05) is 22.9 Å². The van der Waals surface area contributed by atoms with Crippen LogP contribution in [0, 0.1) is 0 Å². The van der Waals surface area contributed by atoms with Crippen molar-refractivity contribution in [1.82, 2.24) is 15.4 Å². The molecule has 0 aliphatic carbocycles. The Bertz CT molecular complexity index is 858. The van der Waals surface area contributed by atoms with Crippen LogP contribution in [0.1, 0.15) is 22.3 Å². The molecule has 2 saturated heterocycles. The van der Waals surface area contributed by atoms with Gasteiger partial charge >= 0.3 is 6.18 Å². The fourth-order valence-electron chi connectivity index (χ4n) is 3.74. The van der Waals surface area contributed by atoms with Crippen LogP contribution in [0.4, 0.5) is 24.8 Å². The molecule has 10 heteroatoms. The molecule has 2 aliphatic heterocycles. The molecule has 142 valence electrons. The summed E-state index contributed by atoms with van der Waals surface area (Å²) >= 11 is 0. The number of nitrogens with zero attached hydrogens (tertiary/aromatic N) is 4. The average Bonchev–Trinajstić information content (AvgIpc) is 3.28. The van der Waals surface area contributed by atoms with Crippen molar-refractivity contribution >= 4 is 17.5 Å². The summed E-state index contributed by atoms with van der Waals surface area (Å²) in [6.07, 6.45) is -0.912. The first kappa shape index (κ1) is 17.5. The first-order valence-corrected chi connectivity index (χ1v) is 8.34. The molecule has 2 fully saturated rings. The van der Waals surface area contributed by atoms with Crippen LogP contribution in [0.15, 0.2) is 36.7 Å². The Morgan fingerprint density at radius 1 is 1.15 bits per heavy atom. The summed E-state index contributed by atoms with van der Waals surface area (Å²) in [6.45, 7) is 1.17. The number of hydrogen-bond donors (Lipinski definition) is 2. The molecule has 1 aromatic carbocycles. The van der Waals surface area contributed by atoms with Crippen LogP contribution in [-0.4, -0.2) is 46.3 Å². The van der Waals surface area contributed by atoms with Gasteiger partial charge in [-0.3, -0.25) is 10.0 Å². The second kappa shape index (κ2) is 6.38. The molecule has 7 nitrogen and oxygen atoms in total. The molecule has 2 aliphatic rings. The van der Waals surface area contributed by atoms with Gasteiger partial charge in [0, 0.05) is 37.2 Å². The minimum Gasteiger partial charge on any atom is -0.365 e. The molecule has 2 bridgehead atoms. The van der Waals surface area contributed by atoms with Crippen molar-refractivity contribution < 1.29 is 23.2 Å². The first-order valence-electron chi connectivity index (χ1n) is 8.34. The lowest BCUT2D eigenvalue weighted by Gasteiger charge is -2.35. The maximum atomic E-state index is 13.0. The van der Waals surface area contributed by atoms with Crippen LogP contribution in [-0.2, 0) is 6.18 Å². The third-order valence-electron chi connectivity index (χ3n) is 5.00. The second-order valence-corrected chi connectivity index (χ2v) is 6.61. The molecule has 27 heavy (non-hydrogen) atoms. The fourth-order valence-corrected chi connectivity index (χ4v) is 3.74. The number of rotatable bonds is 3. The van der Waals surface area contributed by atoms with Crippen molar-refractivity contribution in [3.63, 3.8) is 0 Å². The number of alkyl halides is 3. The Kier molecular flexibility index (Phi) is 4.14. The Hall–Kier alpha value is -2.88. The predicted molar refractivity (Wildman–Crippen MR) is 89.6 cm³/mol. The molecule has 1 amide bonds. The van der Waals surface area contributed by atoms with Crippen molar-refractivity contribution in [2.24, 2.45) is 0 Å². The van der Waals surface area contributed by atoms with Gasteiger partial charge in [-0.05, 0) is 24.6 Å². The Balaban J connectivity index is 1.49. The largest absolute Gasteiger partial charge is 0.416 e. The molecule has 4 rings (SSSR count). The molecular formula is C17H16F3N5O2. The molecule has 0 radical (unpaired) electrons. The molecule has 0 unspecified atom stereocenters. The van der Waals surface area contributed by atoms with Crippen LogP contribution in [0.2, 0.25) is 0 Å². The number of amides is 1. The molecule has 0 saturated carbocycles. The predicted octanol–water partition coefficient (Wildman–Crippen LogP) is 2.08. The van der Waals surface area contributed by atoms with Gasteiger partial charge in [0.15, 0.2) is 0 Å². The zero-order valence-electron chi connectivity index (χ0n) is 14.0. The van der Waals surface area contributed by atoms with E-state index in [0.717, 1.165) is 12.5 Å². The number of aromatic nitrogens is 2.